The molecule has 0 amide bonds. The highest BCUT2D eigenvalue weighted by molar-refractivity contribution is 5.88. The van der Waals surface area contributed by atoms with Gasteiger partial charge in [-0.15, -0.1) is 0 Å². The third-order valence-corrected chi connectivity index (χ3v) is 2.31. The highest BCUT2D eigenvalue weighted by atomic mass is 14.7. The van der Waals surface area contributed by atoms with Gasteiger partial charge in [-0.25, -0.2) is 0 Å². The summed E-state index contributed by atoms with van der Waals surface area (Å²) in [7, 11) is 0. The third-order valence-electron chi connectivity index (χ3n) is 2.31. The van der Waals surface area contributed by atoms with Crippen LogP contribution in [0.4, 0.5) is 0 Å². The van der Waals surface area contributed by atoms with Crippen LogP contribution in [-0.4, -0.2) is 10.8 Å². The van der Waals surface area contributed by atoms with Crippen LogP contribution in [-0.2, 0) is 6.42 Å². The van der Waals surface area contributed by atoms with E-state index in [4.69, 9.17) is 11.1 Å². The average molecular weight is 199 g/mol. The molecule has 0 aliphatic rings. The predicted octanol–water partition coefficient (Wildman–Crippen LogP) is 2.20. The summed E-state index contributed by atoms with van der Waals surface area (Å²) in [6, 6.07) is 8.17. The zero-order valence-corrected chi connectivity index (χ0v) is 8.33. The fraction of sp³-hybridized carbons (Fsp3) is 0.0833. The molecule has 0 bridgehead atoms. The smallest absolute Gasteiger partial charge is 0.114 e. The molecule has 0 spiro atoms. The molecule has 76 valence electrons. The van der Waals surface area contributed by atoms with E-state index in [0.717, 1.165) is 11.9 Å². The number of amidine groups is 1. The largest absolute Gasteiger partial charge is 0.384 e. The first-order valence-corrected chi connectivity index (χ1v) is 4.83. The Bertz CT molecular complexity index is 508. The van der Waals surface area contributed by atoms with Gasteiger partial charge in [-0.3, -0.25) is 5.41 Å². The van der Waals surface area contributed by atoms with Gasteiger partial charge in [0.1, 0.15) is 5.84 Å². The molecule has 0 radical (unpaired) electrons. The van der Waals surface area contributed by atoms with Crippen molar-refractivity contribution in [3.63, 3.8) is 0 Å². The SMILES string of the molecule is N=C(N)/C=C/Cc1c[nH]c2ccccc12. The van der Waals surface area contributed by atoms with Crippen LogP contribution in [0.1, 0.15) is 5.56 Å². The molecule has 0 aliphatic heterocycles. The van der Waals surface area contributed by atoms with Crippen molar-refractivity contribution in [3.05, 3.63) is 48.2 Å². The van der Waals surface area contributed by atoms with Gasteiger partial charge in [0.2, 0.25) is 0 Å². The summed E-state index contributed by atoms with van der Waals surface area (Å²) in [5, 5.41) is 8.30. The Labute approximate surface area is 88.1 Å². The maximum absolute atomic E-state index is 7.07. The number of allylic oxidation sites excluding steroid dienone is 1. The van der Waals surface area contributed by atoms with Crippen molar-refractivity contribution in [1.82, 2.24) is 4.98 Å². The van der Waals surface area contributed by atoms with Crippen LogP contribution in [0.3, 0.4) is 0 Å². The van der Waals surface area contributed by atoms with Gasteiger partial charge in [0.25, 0.3) is 0 Å². The Balaban J connectivity index is 2.25. The number of para-hydroxylation sites is 1. The summed E-state index contributed by atoms with van der Waals surface area (Å²) < 4.78 is 0. The second-order valence-electron chi connectivity index (χ2n) is 3.42. The van der Waals surface area contributed by atoms with Crippen molar-refractivity contribution in [1.29, 1.82) is 5.41 Å². The Morgan fingerprint density at radius 3 is 3.00 bits per heavy atom. The van der Waals surface area contributed by atoms with Gasteiger partial charge in [0, 0.05) is 17.1 Å². The number of fused-ring (bicyclic) bond motifs is 1. The van der Waals surface area contributed by atoms with Crippen LogP contribution in [0.2, 0.25) is 0 Å². The van der Waals surface area contributed by atoms with Gasteiger partial charge >= 0.3 is 0 Å². The number of aromatic nitrogens is 1. The highest BCUT2D eigenvalue weighted by Crippen LogP contribution is 2.18. The van der Waals surface area contributed by atoms with Crippen LogP contribution >= 0.6 is 0 Å². The Hall–Kier alpha value is -2.03. The molecule has 0 atom stereocenters. The number of aromatic amines is 1. The summed E-state index contributed by atoms with van der Waals surface area (Å²) in [6.45, 7) is 0. The molecular weight excluding hydrogens is 186 g/mol. The summed E-state index contributed by atoms with van der Waals surface area (Å²) in [4.78, 5) is 3.21. The monoisotopic (exact) mass is 199 g/mol. The maximum atomic E-state index is 7.07. The minimum Gasteiger partial charge on any atom is -0.384 e. The number of rotatable bonds is 3. The van der Waals surface area contributed by atoms with Crippen LogP contribution in [0.15, 0.2) is 42.6 Å². The lowest BCUT2D eigenvalue weighted by Gasteiger charge is -1.93. The number of hydrogen-bond donors (Lipinski definition) is 3. The standard InChI is InChI=1S/C12H13N3/c13-12(14)7-3-4-9-8-15-11-6-2-1-5-10(9)11/h1-3,5-8,15H,4H2,(H3,13,14)/b7-3+. The fourth-order valence-corrected chi connectivity index (χ4v) is 1.61. The van der Waals surface area contributed by atoms with Crippen molar-refractivity contribution in [2.45, 2.75) is 6.42 Å². The van der Waals surface area contributed by atoms with Crippen LogP contribution in [0.25, 0.3) is 10.9 Å². The summed E-state index contributed by atoms with van der Waals surface area (Å²) in [6.07, 6.45) is 6.30. The minimum absolute atomic E-state index is 0.0924. The maximum Gasteiger partial charge on any atom is 0.114 e. The second-order valence-corrected chi connectivity index (χ2v) is 3.42. The van der Waals surface area contributed by atoms with Gasteiger partial charge in [-0.05, 0) is 24.1 Å². The normalized spacial score (nSPS) is 11.2. The zero-order chi connectivity index (χ0) is 10.7. The van der Waals surface area contributed by atoms with E-state index in [1.807, 2.05) is 30.5 Å². The number of nitrogens with one attached hydrogen (secondary N) is 2. The molecule has 0 saturated heterocycles. The average Bonchev–Trinajstić information content (AvgIpc) is 2.62. The second kappa shape index (κ2) is 4.00. The van der Waals surface area contributed by atoms with Gasteiger partial charge in [-0.2, -0.15) is 0 Å². The van der Waals surface area contributed by atoms with E-state index in [1.54, 1.807) is 6.08 Å². The van der Waals surface area contributed by atoms with Crippen LogP contribution in [0, 0.1) is 5.41 Å². The number of H-pyrrole nitrogens is 1. The van der Waals surface area contributed by atoms with Gasteiger partial charge < -0.3 is 10.7 Å². The lowest BCUT2D eigenvalue weighted by molar-refractivity contribution is 1.28. The van der Waals surface area contributed by atoms with Crippen molar-refractivity contribution in [2.75, 3.05) is 0 Å². The van der Waals surface area contributed by atoms with E-state index in [-0.39, 0.29) is 5.84 Å². The fourth-order valence-electron chi connectivity index (χ4n) is 1.61. The first-order valence-electron chi connectivity index (χ1n) is 4.83. The molecule has 0 unspecified atom stereocenters. The third kappa shape index (κ3) is 2.07. The molecule has 0 aliphatic carbocycles. The molecule has 1 aromatic carbocycles. The molecule has 3 nitrogen and oxygen atoms in total. The number of hydrogen-bond acceptors (Lipinski definition) is 1. The molecule has 2 aromatic rings. The van der Waals surface area contributed by atoms with Crippen molar-refractivity contribution in [3.8, 4) is 0 Å². The number of nitrogens with two attached hydrogens (primary N) is 1. The Morgan fingerprint density at radius 1 is 1.40 bits per heavy atom. The quantitative estimate of drug-likeness (QED) is 0.515. The lowest BCUT2D eigenvalue weighted by atomic mass is 10.1. The summed E-state index contributed by atoms with van der Waals surface area (Å²) in [5.74, 6) is 0.0924. The molecule has 4 N–H and O–H groups in total. The Morgan fingerprint density at radius 2 is 2.20 bits per heavy atom. The topological polar surface area (TPSA) is 65.7 Å². The summed E-state index contributed by atoms with van der Waals surface area (Å²) in [5.41, 5.74) is 7.60. The van der Waals surface area contributed by atoms with Crippen molar-refractivity contribution >= 4 is 16.7 Å². The van der Waals surface area contributed by atoms with Crippen LogP contribution < -0.4 is 5.73 Å². The molecule has 3 heteroatoms. The first-order chi connectivity index (χ1) is 7.27. The predicted molar refractivity (Wildman–Crippen MR) is 63.1 cm³/mol. The Kier molecular flexibility index (Phi) is 2.54. The molecule has 2 rings (SSSR count). The summed E-state index contributed by atoms with van der Waals surface area (Å²) >= 11 is 0. The van der Waals surface area contributed by atoms with E-state index in [2.05, 4.69) is 11.1 Å². The van der Waals surface area contributed by atoms with E-state index in [1.165, 1.54) is 10.9 Å². The van der Waals surface area contributed by atoms with Crippen LogP contribution in [0.5, 0.6) is 0 Å². The zero-order valence-electron chi connectivity index (χ0n) is 8.33. The highest BCUT2D eigenvalue weighted by Gasteiger charge is 1.99. The minimum atomic E-state index is 0.0924. The van der Waals surface area contributed by atoms with Gasteiger partial charge in [0.15, 0.2) is 0 Å². The van der Waals surface area contributed by atoms with Crippen molar-refractivity contribution in [2.24, 2.45) is 5.73 Å². The molecule has 0 saturated carbocycles. The molecule has 15 heavy (non-hydrogen) atoms. The van der Waals surface area contributed by atoms with Gasteiger partial charge in [-0.1, -0.05) is 24.3 Å². The number of benzene rings is 1. The molecule has 0 fully saturated rings. The van der Waals surface area contributed by atoms with E-state index in [0.29, 0.717) is 0 Å². The van der Waals surface area contributed by atoms with E-state index >= 15 is 0 Å². The molecule has 1 heterocycles. The lowest BCUT2D eigenvalue weighted by Crippen LogP contribution is -2.04. The van der Waals surface area contributed by atoms with Crippen molar-refractivity contribution < 1.29 is 0 Å². The molecular formula is C12H13N3. The van der Waals surface area contributed by atoms with Gasteiger partial charge in [0.05, 0.1) is 0 Å². The molecule has 1 aromatic heterocycles. The van der Waals surface area contributed by atoms with E-state index in [9.17, 15) is 0 Å². The first kappa shape index (κ1) is 9.52. The van der Waals surface area contributed by atoms with E-state index < -0.39 is 0 Å².